The number of aromatic nitrogens is 2. The Morgan fingerprint density at radius 2 is 2.14 bits per heavy atom. The quantitative estimate of drug-likeness (QED) is 0.927. The number of piperazine rings is 1. The van der Waals surface area contributed by atoms with Crippen LogP contribution >= 0.6 is 12.4 Å². The van der Waals surface area contributed by atoms with Crippen LogP contribution in [-0.4, -0.2) is 47.8 Å². The number of benzene rings is 1. The highest BCUT2D eigenvalue weighted by molar-refractivity contribution is 5.85. The first kappa shape index (κ1) is 16.7. The average molecular weight is 325 g/mol. The molecule has 6 nitrogen and oxygen atoms in total. The van der Waals surface area contributed by atoms with Crippen LogP contribution in [0.3, 0.4) is 0 Å². The maximum atomic E-state index is 5.37. The van der Waals surface area contributed by atoms with Gasteiger partial charge in [0.15, 0.2) is 0 Å². The van der Waals surface area contributed by atoms with Crippen molar-refractivity contribution < 1.29 is 9.26 Å². The Hall–Kier alpha value is -1.63. The van der Waals surface area contributed by atoms with E-state index in [2.05, 4.69) is 27.3 Å². The van der Waals surface area contributed by atoms with Gasteiger partial charge in [0.1, 0.15) is 5.75 Å². The van der Waals surface area contributed by atoms with E-state index in [1.807, 2.05) is 24.3 Å². The van der Waals surface area contributed by atoms with Gasteiger partial charge in [-0.3, -0.25) is 4.90 Å². The molecule has 1 N–H and O–H groups in total. The number of hydrogen-bond acceptors (Lipinski definition) is 6. The smallest absolute Gasteiger partial charge is 0.241 e. The third-order valence-corrected chi connectivity index (χ3v) is 3.79. The molecule has 1 aliphatic rings. The molecule has 2 aromatic rings. The van der Waals surface area contributed by atoms with Gasteiger partial charge >= 0.3 is 0 Å². The predicted molar refractivity (Wildman–Crippen MR) is 86.3 cm³/mol. The summed E-state index contributed by atoms with van der Waals surface area (Å²) in [5.74, 6) is 2.10. The van der Waals surface area contributed by atoms with Crippen molar-refractivity contribution in [2.24, 2.45) is 0 Å². The van der Waals surface area contributed by atoms with Crippen LogP contribution in [0, 0.1) is 0 Å². The van der Waals surface area contributed by atoms with E-state index in [0.29, 0.717) is 24.3 Å². The summed E-state index contributed by atoms with van der Waals surface area (Å²) >= 11 is 0. The zero-order valence-electron chi connectivity index (χ0n) is 12.8. The van der Waals surface area contributed by atoms with Gasteiger partial charge in [0.25, 0.3) is 0 Å². The predicted octanol–water partition coefficient (Wildman–Crippen LogP) is 1.96. The minimum Gasteiger partial charge on any atom is -0.497 e. The van der Waals surface area contributed by atoms with Crippen molar-refractivity contribution in [3.8, 4) is 17.1 Å². The molecule has 0 aliphatic carbocycles. The van der Waals surface area contributed by atoms with Crippen LogP contribution in [0.2, 0.25) is 0 Å². The highest BCUT2D eigenvalue weighted by Gasteiger charge is 2.20. The molecule has 1 saturated heterocycles. The van der Waals surface area contributed by atoms with E-state index in [-0.39, 0.29) is 12.4 Å². The van der Waals surface area contributed by atoms with Gasteiger partial charge in [-0.25, -0.2) is 0 Å². The lowest BCUT2D eigenvalue weighted by molar-refractivity contribution is 0.146. The van der Waals surface area contributed by atoms with Gasteiger partial charge in [0.2, 0.25) is 11.7 Å². The number of halogens is 1. The summed E-state index contributed by atoms with van der Waals surface area (Å²) in [7, 11) is 1.65. The number of rotatable bonds is 4. The number of hydrogen-bond donors (Lipinski definition) is 1. The summed E-state index contributed by atoms with van der Waals surface area (Å²) in [6.07, 6.45) is 0. The molecular formula is C15H21ClN4O2. The van der Waals surface area contributed by atoms with Gasteiger partial charge < -0.3 is 14.6 Å². The minimum absolute atomic E-state index is 0. The summed E-state index contributed by atoms with van der Waals surface area (Å²) in [6.45, 7) is 5.91. The summed E-state index contributed by atoms with van der Waals surface area (Å²) in [4.78, 5) is 6.83. The molecule has 2 heterocycles. The van der Waals surface area contributed by atoms with Crippen molar-refractivity contribution >= 4 is 12.4 Å². The first-order valence-corrected chi connectivity index (χ1v) is 7.18. The van der Waals surface area contributed by atoms with E-state index in [0.717, 1.165) is 30.9 Å². The molecule has 22 heavy (non-hydrogen) atoms. The van der Waals surface area contributed by atoms with Crippen molar-refractivity contribution in [3.05, 3.63) is 30.2 Å². The van der Waals surface area contributed by atoms with E-state index < -0.39 is 0 Å². The second-order valence-electron chi connectivity index (χ2n) is 5.26. The third-order valence-electron chi connectivity index (χ3n) is 3.79. The number of nitrogens with one attached hydrogen (secondary N) is 1. The molecule has 1 fully saturated rings. The topological polar surface area (TPSA) is 63.4 Å². The molecule has 120 valence electrons. The summed E-state index contributed by atoms with van der Waals surface area (Å²) in [5, 5.41) is 7.44. The van der Waals surface area contributed by atoms with E-state index >= 15 is 0 Å². The van der Waals surface area contributed by atoms with Gasteiger partial charge in [-0.2, -0.15) is 4.98 Å². The lowest BCUT2D eigenvalue weighted by atomic mass is 10.2. The fraction of sp³-hybridized carbons (Fsp3) is 0.467. The van der Waals surface area contributed by atoms with Crippen LogP contribution < -0.4 is 10.1 Å². The molecule has 0 bridgehead atoms. The average Bonchev–Trinajstić information content (AvgIpc) is 2.98. The van der Waals surface area contributed by atoms with Crippen LogP contribution in [-0.2, 0) is 6.54 Å². The molecule has 1 aromatic carbocycles. The highest BCUT2D eigenvalue weighted by Crippen LogP contribution is 2.20. The lowest BCUT2D eigenvalue weighted by Crippen LogP contribution is -2.49. The number of ether oxygens (including phenoxy) is 1. The van der Waals surface area contributed by atoms with Gasteiger partial charge in [0.05, 0.1) is 13.7 Å². The lowest BCUT2D eigenvalue weighted by Gasteiger charge is -2.32. The zero-order chi connectivity index (χ0) is 14.7. The zero-order valence-corrected chi connectivity index (χ0v) is 13.6. The third kappa shape index (κ3) is 3.76. The maximum absolute atomic E-state index is 5.37. The van der Waals surface area contributed by atoms with Crippen molar-refractivity contribution in [2.45, 2.75) is 19.5 Å². The van der Waals surface area contributed by atoms with E-state index in [9.17, 15) is 0 Å². The van der Waals surface area contributed by atoms with E-state index in [4.69, 9.17) is 9.26 Å². The Balaban J connectivity index is 0.00000176. The van der Waals surface area contributed by atoms with Crippen LogP contribution in [0.15, 0.2) is 28.8 Å². The fourth-order valence-corrected chi connectivity index (χ4v) is 2.47. The summed E-state index contributed by atoms with van der Waals surface area (Å²) in [6, 6.07) is 8.13. The minimum atomic E-state index is 0. The maximum Gasteiger partial charge on any atom is 0.241 e. The Morgan fingerprint density at radius 3 is 2.82 bits per heavy atom. The van der Waals surface area contributed by atoms with Gasteiger partial charge in [-0.1, -0.05) is 5.16 Å². The van der Waals surface area contributed by atoms with Crippen molar-refractivity contribution in [2.75, 3.05) is 26.7 Å². The van der Waals surface area contributed by atoms with E-state index in [1.54, 1.807) is 7.11 Å². The number of methoxy groups -OCH3 is 1. The van der Waals surface area contributed by atoms with Crippen molar-refractivity contribution in [3.63, 3.8) is 0 Å². The molecule has 0 amide bonds. The van der Waals surface area contributed by atoms with Crippen LogP contribution in [0.25, 0.3) is 11.4 Å². The summed E-state index contributed by atoms with van der Waals surface area (Å²) in [5.41, 5.74) is 0.930. The van der Waals surface area contributed by atoms with Gasteiger partial charge in [-0.15, -0.1) is 12.4 Å². The molecule has 0 saturated carbocycles. The normalized spacial score (nSPS) is 18.7. The molecule has 1 aromatic heterocycles. The summed E-state index contributed by atoms with van der Waals surface area (Å²) < 4.78 is 10.5. The van der Waals surface area contributed by atoms with Crippen molar-refractivity contribution in [1.29, 1.82) is 0 Å². The largest absolute Gasteiger partial charge is 0.497 e. The molecule has 0 unspecified atom stereocenters. The Bertz CT molecular complexity index is 587. The fourth-order valence-electron chi connectivity index (χ4n) is 2.47. The van der Waals surface area contributed by atoms with Crippen LogP contribution in [0.4, 0.5) is 0 Å². The highest BCUT2D eigenvalue weighted by atomic mass is 35.5. The van der Waals surface area contributed by atoms with Crippen molar-refractivity contribution in [1.82, 2.24) is 20.4 Å². The Morgan fingerprint density at radius 1 is 1.36 bits per heavy atom. The molecule has 1 aliphatic heterocycles. The van der Waals surface area contributed by atoms with Gasteiger partial charge in [-0.05, 0) is 31.2 Å². The molecule has 7 heteroatoms. The van der Waals surface area contributed by atoms with Crippen LogP contribution in [0.1, 0.15) is 12.8 Å². The Kier molecular flexibility index (Phi) is 5.76. The second-order valence-corrected chi connectivity index (χ2v) is 5.26. The number of nitrogens with zero attached hydrogens (tertiary/aromatic N) is 3. The standard InChI is InChI=1S/C15H20N4O2.ClH/c1-11-9-16-7-8-19(11)10-14-17-15(18-21-14)12-3-5-13(20-2)6-4-12;/h3-6,11,16H,7-10H2,1-2H3;1H/t11-;/m0./s1. The molecular weight excluding hydrogens is 304 g/mol. The second kappa shape index (κ2) is 7.58. The Labute approximate surface area is 136 Å². The van der Waals surface area contributed by atoms with E-state index in [1.165, 1.54) is 0 Å². The van der Waals surface area contributed by atoms with Crippen LogP contribution in [0.5, 0.6) is 5.75 Å². The molecule has 0 radical (unpaired) electrons. The SMILES string of the molecule is COc1ccc(-c2noc(CN3CCNC[C@@H]3C)n2)cc1.Cl. The molecule has 1 atom stereocenters. The monoisotopic (exact) mass is 324 g/mol. The first-order chi connectivity index (χ1) is 10.3. The first-order valence-electron chi connectivity index (χ1n) is 7.18. The van der Waals surface area contributed by atoms with Gasteiger partial charge in [0, 0.05) is 31.2 Å². The molecule has 0 spiro atoms. The molecule has 3 rings (SSSR count).